The molecule has 0 fully saturated rings. The van der Waals surface area contributed by atoms with Gasteiger partial charge in [0.25, 0.3) is 0 Å². The van der Waals surface area contributed by atoms with Crippen LogP contribution >= 0.6 is 0 Å². The van der Waals surface area contributed by atoms with Crippen molar-refractivity contribution in [1.29, 1.82) is 0 Å². The normalized spacial score (nSPS) is 13.9. The number of hydrogen-bond donors (Lipinski definition) is 0. The van der Waals surface area contributed by atoms with E-state index in [4.69, 9.17) is 9.47 Å². The van der Waals surface area contributed by atoms with Gasteiger partial charge in [0.05, 0.1) is 12.2 Å². The fraction of sp³-hybridized carbons (Fsp3) is 0.333. The van der Waals surface area contributed by atoms with E-state index in [1.807, 2.05) is 43.3 Å². The Hall–Kier alpha value is -1.64. The molecule has 2 aromatic carbocycles. The summed E-state index contributed by atoms with van der Waals surface area (Å²) in [6, 6.07) is 20.6. The average Bonchev–Trinajstić information content (AvgIpc) is 2.53. The molecule has 2 aromatic rings. The predicted octanol–water partition coefficient (Wildman–Crippen LogP) is 4.54. The van der Waals surface area contributed by atoms with Crippen LogP contribution in [0.2, 0.25) is 0 Å². The number of ether oxygens (including phenoxy) is 2. The molecule has 0 radical (unpaired) electrons. The first kappa shape index (κ1) is 14.8. The van der Waals surface area contributed by atoms with Crippen molar-refractivity contribution >= 4 is 0 Å². The first-order chi connectivity index (χ1) is 9.85. The summed E-state index contributed by atoms with van der Waals surface area (Å²) in [5, 5.41) is 0. The summed E-state index contributed by atoms with van der Waals surface area (Å²) in [5.74, 6) is 0. The summed E-state index contributed by atoms with van der Waals surface area (Å²) < 4.78 is 11.6. The summed E-state index contributed by atoms with van der Waals surface area (Å²) in [4.78, 5) is 0. The first-order valence-corrected chi connectivity index (χ1v) is 7.09. The Balaban J connectivity index is 2.14. The molecule has 0 unspecified atom stereocenters. The van der Waals surface area contributed by atoms with E-state index in [2.05, 4.69) is 24.3 Å². The van der Waals surface area contributed by atoms with Crippen LogP contribution in [0.15, 0.2) is 60.7 Å². The molecule has 2 rings (SSSR count). The van der Waals surface area contributed by atoms with Crippen LogP contribution in [0.25, 0.3) is 0 Å². The highest BCUT2D eigenvalue weighted by atomic mass is 16.5. The maximum atomic E-state index is 5.90. The average molecular weight is 270 g/mol. The van der Waals surface area contributed by atoms with Gasteiger partial charge >= 0.3 is 0 Å². The molecule has 2 atom stereocenters. The van der Waals surface area contributed by atoms with Crippen LogP contribution in [0.3, 0.4) is 0 Å². The molecule has 0 saturated heterocycles. The van der Waals surface area contributed by atoms with Gasteiger partial charge < -0.3 is 9.47 Å². The van der Waals surface area contributed by atoms with Crippen molar-refractivity contribution in [3.63, 3.8) is 0 Å². The molecule has 0 bridgehead atoms. The second-order valence-electron chi connectivity index (χ2n) is 4.73. The maximum Gasteiger partial charge on any atom is 0.0852 e. The first-order valence-electron chi connectivity index (χ1n) is 7.09. The van der Waals surface area contributed by atoms with Gasteiger partial charge in [0.1, 0.15) is 0 Å². The summed E-state index contributed by atoms with van der Waals surface area (Å²) in [5.41, 5.74) is 2.39. The van der Waals surface area contributed by atoms with Gasteiger partial charge in [-0.3, -0.25) is 0 Å². The fourth-order valence-corrected chi connectivity index (χ4v) is 2.40. The number of benzene rings is 2. The molecular formula is C18H22O2. The number of rotatable bonds is 7. The minimum atomic E-state index is 0.0490. The smallest absolute Gasteiger partial charge is 0.0852 e. The van der Waals surface area contributed by atoms with Gasteiger partial charge in [0.15, 0.2) is 0 Å². The van der Waals surface area contributed by atoms with E-state index >= 15 is 0 Å². The fourth-order valence-electron chi connectivity index (χ4n) is 2.40. The third-order valence-electron chi connectivity index (χ3n) is 3.42. The van der Waals surface area contributed by atoms with Gasteiger partial charge in [-0.2, -0.15) is 0 Å². The minimum Gasteiger partial charge on any atom is -0.377 e. The molecule has 0 aliphatic rings. The molecule has 0 saturated carbocycles. The van der Waals surface area contributed by atoms with Gasteiger partial charge in [-0.15, -0.1) is 0 Å². The van der Waals surface area contributed by atoms with Crippen molar-refractivity contribution in [2.75, 3.05) is 13.7 Å². The summed E-state index contributed by atoms with van der Waals surface area (Å²) in [7, 11) is 1.76. The molecule has 2 heteroatoms. The second kappa shape index (κ2) is 7.83. The van der Waals surface area contributed by atoms with Gasteiger partial charge in [0.2, 0.25) is 0 Å². The molecule has 0 spiro atoms. The molecule has 106 valence electrons. The molecule has 0 aromatic heterocycles. The van der Waals surface area contributed by atoms with Crippen molar-refractivity contribution in [2.24, 2.45) is 0 Å². The molecule has 0 N–H and O–H groups in total. The zero-order valence-electron chi connectivity index (χ0n) is 12.2. The predicted molar refractivity (Wildman–Crippen MR) is 81.6 cm³/mol. The van der Waals surface area contributed by atoms with Gasteiger partial charge in [-0.1, -0.05) is 60.7 Å². The van der Waals surface area contributed by atoms with E-state index in [0.717, 1.165) is 6.42 Å². The second-order valence-corrected chi connectivity index (χ2v) is 4.73. The van der Waals surface area contributed by atoms with Crippen LogP contribution in [0.5, 0.6) is 0 Å². The summed E-state index contributed by atoms with van der Waals surface area (Å²) in [6.07, 6.45) is 0.928. The zero-order chi connectivity index (χ0) is 14.2. The monoisotopic (exact) mass is 270 g/mol. The quantitative estimate of drug-likeness (QED) is 0.735. The standard InChI is InChI=1S/C18H22O2/c1-3-20-18(16-12-8-5-9-13-16)14-17(19-2)15-10-6-4-7-11-15/h4-13,17-18H,3,14H2,1-2H3/t17-,18-/m0/s1. The lowest BCUT2D eigenvalue weighted by atomic mass is 9.98. The number of methoxy groups -OCH3 is 1. The van der Waals surface area contributed by atoms with Gasteiger partial charge in [-0.25, -0.2) is 0 Å². The van der Waals surface area contributed by atoms with Crippen LogP contribution < -0.4 is 0 Å². The molecule has 20 heavy (non-hydrogen) atoms. The van der Waals surface area contributed by atoms with Crippen LogP contribution in [-0.2, 0) is 9.47 Å². The Labute approximate surface area is 121 Å². The van der Waals surface area contributed by atoms with Gasteiger partial charge in [-0.05, 0) is 18.1 Å². The van der Waals surface area contributed by atoms with Gasteiger partial charge in [0, 0.05) is 20.1 Å². The van der Waals surface area contributed by atoms with Crippen molar-refractivity contribution < 1.29 is 9.47 Å². The summed E-state index contributed by atoms with van der Waals surface area (Å²) >= 11 is 0. The van der Waals surface area contributed by atoms with E-state index in [0.29, 0.717) is 6.61 Å². The van der Waals surface area contributed by atoms with E-state index < -0.39 is 0 Å². The Kier molecular flexibility index (Phi) is 5.78. The van der Waals surface area contributed by atoms with E-state index in [1.165, 1.54) is 11.1 Å². The van der Waals surface area contributed by atoms with Crippen LogP contribution in [0, 0.1) is 0 Å². The highest BCUT2D eigenvalue weighted by Crippen LogP contribution is 2.31. The van der Waals surface area contributed by atoms with Crippen molar-refractivity contribution in [2.45, 2.75) is 25.6 Å². The van der Waals surface area contributed by atoms with Crippen LogP contribution in [0.4, 0.5) is 0 Å². The van der Waals surface area contributed by atoms with Crippen LogP contribution in [-0.4, -0.2) is 13.7 Å². The molecular weight excluding hydrogens is 248 g/mol. The highest BCUT2D eigenvalue weighted by molar-refractivity contribution is 5.21. The Morgan fingerprint density at radius 1 is 0.800 bits per heavy atom. The lowest BCUT2D eigenvalue weighted by Gasteiger charge is -2.23. The lowest BCUT2D eigenvalue weighted by molar-refractivity contribution is 0.00178. The minimum absolute atomic E-state index is 0.0490. The van der Waals surface area contributed by atoms with E-state index in [-0.39, 0.29) is 12.2 Å². The van der Waals surface area contributed by atoms with Crippen molar-refractivity contribution in [3.05, 3.63) is 71.8 Å². The lowest BCUT2D eigenvalue weighted by Crippen LogP contribution is -2.11. The molecule has 0 aliphatic carbocycles. The molecule has 0 heterocycles. The summed E-state index contributed by atoms with van der Waals surface area (Å²) in [6.45, 7) is 2.73. The topological polar surface area (TPSA) is 18.5 Å². The van der Waals surface area contributed by atoms with Crippen molar-refractivity contribution in [3.8, 4) is 0 Å². The SMILES string of the molecule is CCO[C@@H](C[C@H](OC)c1ccccc1)c1ccccc1. The number of hydrogen-bond acceptors (Lipinski definition) is 2. The third-order valence-corrected chi connectivity index (χ3v) is 3.42. The molecule has 0 amide bonds. The molecule has 2 nitrogen and oxygen atoms in total. The molecule has 0 aliphatic heterocycles. The Morgan fingerprint density at radius 3 is 1.75 bits per heavy atom. The Bertz CT molecular complexity index is 481. The maximum absolute atomic E-state index is 5.90. The highest BCUT2D eigenvalue weighted by Gasteiger charge is 2.19. The van der Waals surface area contributed by atoms with E-state index in [1.54, 1.807) is 7.11 Å². The largest absolute Gasteiger partial charge is 0.377 e. The Morgan fingerprint density at radius 2 is 1.30 bits per heavy atom. The zero-order valence-corrected chi connectivity index (χ0v) is 12.2. The van der Waals surface area contributed by atoms with Crippen LogP contribution in [0.1, 0.15) is 36.7 Å². The van der Waals surface area contributed by atoms with E-state index in [9.17, 15) is 0 Å². The third kappa shape index (κ3) is 3.92. The van der Waals surface area contributed by atoms with Crippen molar-refractivity contribution in [1.82, 2.24) is 0 Å².